The van der Waals surface area contributed by atoms with E-state index in [2.05, 4.69) is 35.8 Å². The zero-order valence-corrected chi connectivity index (χ0v) is 23.2. The number of allylic oxidation sites excluding steroid dienone is 2. The van der Waals surface area contributed by atoms with Crippen LogP contribution in [0.5, 0.6) is 5.88 Å². The number of halogens is 1. The topological polar surface area (TPSA) is 70.0 Å². The Bertz CT molecular complexity index is 957. The molecule has 0 saturated heterocycles. The molecule has 198 valence electrons. The van der Waals surface area contributed by atoms with Crippen molar-refractivity contribution in [1.82, 2.24) is 10.4 Å². The molecule has 1 saturated carbocycles. The van der Waals surface area contributed by atoms with Gasteiger partial charge in [0.2, 0.25) is 5.88 Å². The summed E-state index contributed by atoms with van der Waals surface area (Å²) in [6.45, 7) is 10.3. The number of nitrogens with zero attached hydrogens (tertiary/aromatic N) is 2. The molecule has 0 radical (unpaired) electrons. The Morgan fingerprint density at radius 2 is 1.86 bits per heavy atom. The van der Waals surface area contributed by atoms with E-state index in [0.29, 0.717) is 11.5 Å². The van der Waals surface area contributed by atoms with Crippen molar-refractivity contribution >= 4 is 16.8 Å². The van der Waals surface area contributed by atoms with Gasteiger partial charge in [-0.05, 0) is 61.4 Å². The summed E-state index contributed by atoms with van der Waals surface area (Å²) in [6, 6.07) is 13.8. The molecule has 1 fully saturated rings. The number of nitrogens with one attached hydrogen (secondary N) is 2. The van der Waals surface area contributed by atoms with Gasteiger partial charge in [-0.15, -0.1) is 0 Å². The first kappa shape index (κ1) is 31.1. The molecule has 1 aliphatic carbocycles. The number of aryl methyl sites for hydroxylation is 1. The van der Waals surface area contributed by atoms with Gasteiger partial charge in [0.1, 0.15) is 6.07 Å². The van der Waals surface area contributed by atoms with Crippen LogP contribution in [0.25, 0.3) is 11.1 Å². The minimum absolute atomic E-state index is 0.156. The van der Waals surface area contributed by atoms with E-state index in [1.165, 1.54) is 25.7 Å². The lowest BCUT2D eigenvalue weighted by molar-refractivity contribution is 0.215. The van der Waals surface area contributed by atoms with Crippen LogP contribution in [-0.4, -0.2) is 25.8 Å². The number of hydrogen-bond acceptors (Lipinski definition) is 5. The highest BCUT2D eigenvalue weighted by molar-refractivity contribution is 5.97. The summed E-state index contributed by atoms with van der Waals surface area (Å²) < 4.78 is 16.1. The van der Waals surface area contributed by atoms with E-state index >= 15 is 0 Å². The number of unbranched alkanes of at least 4 members (excludes halogenated alkanes) is 1. The molecule has 3 rings (SSSR count). The quantitative estimate of drug-likeness (QED) is 0.272. The first-order valence-corrected chi connectivity index (χ1v) is 13.1. The summed E-state index contributed by atoms with van der Waals surface area (Å²) in [5.74, 6) is 2.65. The van der Waals surface area contributed by atoms with Gasteiger partial charge in [-0.1, -0.05) is 65.0 Å². The van der Waals surface area contributed by atoms with Crippen molar-refractivity contribution in [3.05, 3.63) is 53.2 Å². The third-order valence-corrected chi connectivity index (χ3v) is 6.70. The fraction of sp³-hybridized carbons (Fsp3) is 0.533. The predicted octanol–water partition coefficient (Wildman–Crippen LogP) is 7.99. The Morgan fingerprint density at radius 3 is 2.22 bits per heavy atom. The van der Waals surface area contributed by atoms with Crippen molar-refractivity contribution in [1.29, 1.82) is 5.26 Å². The summed E-state index contributed by atoms with van der Waals surface area (Å²) in [7, 11) is 3.39. The van der Waals surface area contributed by atoms with Gasteiger partial charge in [0.25, 0.3) is 0 Å². The van der Waals surface area contributed by atoms with Crippen LogP contribution in [0.15, 0.2) is 36.4 Å². The van der Waals surface area contributed by atoms with Crippen molar-refractivity contribution in [2.75, 3.05) is 26.3 Å². The normalized spacial score (nSPS) is 14.0. The number of pyridine rings is 1. The van der Waals surface area contributed by atoms with Crippen LogP contribution < -0.4 is 15.6 Å². The van der Waals surface area contributed by atoms with Crippen LogP contribution in [0.2, 0.25) is 0 Å². The average Bonchev–Trinajstić information content (AvgIpc) is 2.86. The lowest BCUT2D eigenvalue weighted by Crippen LogP contribution is -2.18. The monoisotopic (exact) mass is 496 g/mol. The number of nitriles is 1. The molecule has 36 heavy (non-hydrogen) atoms. The summed E-state index contributed by atoms with van der Waals surface area (Å²) in [5.41, 5.74) is 11.0. The summed E-state index contributed by atoms with van der Waals surface area (Å²) in [6.07, 6.45) is 7.58. The Balaban J connectivity index is 0.000000407. The predicted molar refractivity (Wildman–Crippen MR) is 150 cm³/mol. The van der Waals surface area contributed by atoms with E-state index < -0.39 is 0 Å². The molecule has 1 atom stereocenters. The molecule has 2 aromatic rings. The molecular formula is C30H45FN4O. The van der Waals surface area contributed by atoms with E-state index in [1.807, 2.05) is 58.2 Å². The Morgan fingerprint density at radius 1 is 1.19 bits per heavy atom. The molecule has 6 heteroatoms. The highest BCUT2D eigenvalue weighted by Crippen LogP contribution is 2.34. The van der Waals surface area contributed by atoms with Gasteiger partial charge in [-0.3, -0.25) is 4.39 Å². The molecule has 1 aliphatic rings. The van der Waals surface area contributed by atoms with Crippen LogP contribution in [0.3, 0.4) is 0 Å². The molecule has 5 nitrogen and oxygen atoms in total. The van der Waals surface area contributed by atoms with Crippen LogP contribution in [-0.2, 0) is 0 Å². The minimum atomic E-state index is -0.156. The Labute approximate surface area is 218 Å². The number of rotatable bonds is 9. The number of benzene rings is 1. The third-order valence-electron chi connectivity index (χ3n) is 6.70. The van der Waals surface area contributed by atoms with Crippen LogP contribution in [0.4, 0.5) is 10.1 Å². The van der Waals surface area contributed by atoms with Gasteiger partial charge < -0.3 is 10.2 Å². The van der Waals surface area contributed by atoms with Gasteiger partial charge in [0.05, 0.1) is 19.4 Å². The molecule has 1 heterocycles. The lowest BCUT2D eigenvalue weighted by atomic mass is 9.76. The molecule has 0 aliphatic heterocycles. The van der Waals surface area contributed by atoms with Crippen LogP contribution in [0, 0.1) is 30.1 Å². The molecule has 2 N–H and O–H groups in total. The third kappa shape index (κ3) is 9.99. The van der Waals surface area contributed by atoms with Gasteiger partial charge in [0, 0.05) is 30.1 Å². The highest BCUT2D eigenvalue weighted by atomic mass is 19.1. The van der Waals surface area contributed by atoms with Gasteiger partial charge in [0.15, 0.2) is 0 Å². The van der Waals surface area contributed by atoms with E-state index in [-0.39, 0.29) is 6.67 Å². The fourth-order valence-electron chi connectivity index (χ4n) is 3.83. The number of alkyl halides is 1. The highest BCUT2D eigenvalue weighted by Gasteiger charge is 2.21. The molecule has 0 spiro atoms. The first-order chi connectivity index (χ1) is 17.4. The summed E-state index contributed by atoms with van der Waals surface area (Å²) in [4.78, 5) is 4.35. The number of ether oxygens (including phenoxy) is 1. The van der Waals surface area contributed by atoms with Gasteiger partial charge in [-0.2, -0.15) is 5.26 Å². The molecule has 1 unspecified atom stereocenters. The van der Waals surface area contributed by atoms with E-state index in [4.69, 9.17) is 4.74 Å². The zero-order valence-electron chi connectivity index (χ0n) is 23.2. The van der Waals surface area contributed by atoms with Crippen molar-refractivity contribution in [3.63, 3.8) is 0 Å². The van der Waals surface area contributed by atoms with Gasteiger partial charge >= 0.3 is 0 Å². The Hall–Kier alpha value is -2.91. The maximum Gasteiger partial charge on any atom is 0.213 e. The molecule has 1 aromatic heterocycles. The van der Waals surface area contributed by atoms with Crippen molar-refractivity contribution < 1.29 is 9.13 Å². The first-order valence-electron chi connectivity index (χ1n) is 13.1. The number of aromatic nitrogens is 1. The number of hydrazine groups is 1. The summed E-state index contributed by atoms with van der Waals surface area (Å²) >= 11 is 0. The number of anilines is 1. The second-order valence-corrected chi connectivity index (χ2v) is 9.17. The van der Waals surface area contributed by atoms with Crippen molar-refractivity contribution in [3.8, 4) is 11.9 Å². The summed E-state index contributed by atoms with van der Waals surface area (Å²) in [5, 5.41) is 9.61. The average molecular weight is 497 g/mol. The smallest absolute Gasteiger partial charge is 0.213 e. The van der Waals surface area contributed by atoms with Crippen LogP contribution in [0.1, 0.15) is 83.0 Å². The van der Waals surface area contributed by atoms with Gasteiger partial charge in [-0.25, -0.2) is 10.4 Å². The van der Waals surface area contributed by atoms with Crippen molar-refractivity contribution in [2.45, 2.75) is 73.1 Å². The van der Waals surface area contributed by atoms with Crippen molar-refractivity contribution in [2.24, 2.45) is 11.8 Å². The minimum Gasteiger partial charge on any atom is -0.481 e. The second kappa shape index (κ2) is 17.5. The number of methoxy groups -OCH3 is 1. The van der Waals surface area contributed by atoms with Crippen LogP contribution >= 0.6 is 0 Å². The van der Waals surface area contributed by atoms with E-state index in [9.17, 15) is 9.65 Å². The Kier molecular flexibility index (Phi) is 15.1. The SMILES string of the molecule is CCC(C)C1CCC1.CCCCF.CNNc1ccc(/C(C)=C(\C#N)c2ccc(OC)nc2C)cc1. The molecular weight excluding hydrogens is 451 g/mol. The molecule has 0 bridgehead atoms. The number of hydrogen-bond donors (Lipinski definition) is 2. The standard InChI is InChI=1S/C18H20N4O.C8H16.C4H9F/c1-12(14-5-7-15(8-6-14)22-20-3)17(11-19)16-9-10-18(23-4)21-13(16)2;1-3-7(2)8-5-4-6-8;1-2-3-4-5/h5-10,20,22H,1-4H3;7-8H,3-6H2,1-2H3;2-4H2,1H3/b17-12+;;. The second-order valence-electron chi connectivity index (χ2n) is 9.17. The zero-order chi connectivity index (χ0) is 26.9. The molecule has 1 aromatic carbocycles. The lowest BCUT2D eigenvalue weighted by Gasteiger charge is -2.30. The maximum atomic E-state index is 11.0. The maximum absolute atomic E-state index is 11.0. The largest absolute Gasteiger partial charge is 0.481 e. The fourth-order valence-corrected chi connectivity index (χ4v) is 3.83. The van der Waals surface area contributed by atoms with E-state index in [0.717, 1.165) is 52.8 Å². The molecule has 0 amide bonds. The van der Waals surface area contributed by atoms with E-state index in [1.54, 1.807) is 13.2 Å².